The predicted molar refractivity (Wildman–Crippen MR) is 26.5 cm³/mol. The molecule has 3 N–H and O–H groups in total. The van der Waals surface area contributed by atoms with Crippen LogP contribution < -0.4 is 5.90 Å². The summed E-state index contributed by atoms with van der Waals surface area (Å²) in [6.07, 6.45) is 0. The summed E-state index contributed by atoms with van der Waals surface area (Å²) in [6.45, 7) is 2.72. The number of aliphatic hydroxyl groups excluding tert-OH is 1. The fourth-order valence-electron chi connectivity index (χ4n) is 0.148. The van der Waals surface area contributed by atoms with Crippen molar-refractivity contribution in [3.63, 3.8) is 0 Å². The smallest absolute Gasteiger partial charge is 0.354 e. The summed E-state index contributed by atoms with van der Waals surface area (Å²) < 4.78 is 0. The van der Waals surface area contributed by atoms with E-state index in [1.165, 1.54) is 0 Å². The fraction of sp³-hybridized carbons (Fsp3) is 0.250. The summed E-state index contributed by atoms with van der Waals surface area (Å²) in [4.78, 5) is 13.8. The monoisotopic (exact) mass is 117 g/mol. The first-order valence-electron chi connectivity index (χ1n) is 1.92. The Labute approximate surface area is 46.5 Å². The van der Waals surface area contributed by atoms with Gasteiger partial charge in [0.15, 0.2) is 0 Å². The van der Waals surface area contributed by atoms with Gasteiger partial charge in [-0.15, -0.1) is 0 Å². The lowest BCUT2D eigenvalue weighted by molar-refractivity contribution is -0.139. The minimum atomic E-state index is -0.785. The molecule has 0 amide bonds. The molecule has 0 radical (unpaired) electrons. The van der Waals surface area contributed by atoms with Crippen LogP contribution in [0.5, 0.6) is 0 Å². The minimum Gasteiger partial charge on any atom is -0.391 e. The zero-order chi connectivity index (χ0) is 6.57. The third-order valence-electron chi connectivity index (χ3n) is 0.587. The summed E-state index contributed by atoms with van der Waals surface area (Å²) in [7, 11) is 0. The standard InChI is InChI=1S/C4H7NO3/c1-3(2-6)4(7)8-5/h6H,1-2,5H2. The van der Waals surface area contributed by atoms with Gasteiger partial charge in [0.05, 0.1) is 12.2 Å². The average Bonchev–Trinajstić information content (AvgIpc) is 1.84. The van der Waals surface area contributed by atoms with Crippen molar-refractivity contribution < 1.29 is 14.7 Å². The Kier molecular flexibility index (Phi) is 2.83. The van der Waals surface area contributed by atoms with E-state index < -0.39 is 12.6 Å². The zero-order valence-electron chi connectivity index (χ0n) is 4.26. The van der Waals surface area contributed by atoms with Crippen LogP contribution in [-0.2, 0) is 9.63 Å². The van der Waals surface area contributed by atoms with Crippen LogP contribution >= 0.6 is 0 Å². The summed E-state index contributed by atoms with van der Waals surface area (Å²) in [5, 5.41) is 8.18. The van der Waals surface area contributed by atoms with Gasteiger partial charge in [-0.05, 0) is 0 Å². The van der Waals surface area contributed by atoms with E-state index in [0.717, 1.165) is 0 Å². The molecule has 8 heavy (non-hydrogen) atoms. The first-order valence-corrected chi connectivity index (χ1v) is 1.92. The van der Waals surface area contributed by atoms with Crippen molar-refractivity contribution in [2.45, 2.75) is 0 Å². The molecule has 0 unspecified atom stereocenters. The van der Waals surface area contributed by atoms with Crippen LogP contribution in [-0.4, -0.2) is 17.7 Å². The Morgan fingerprint density at radius 3 is 2.50 bits per heavy atom. The molecule has 0 aromatic carbocycles. The highest BCUT2D eigenvalue weighted by atomic mass is 16.7. The van der Waals surface area contributed by atoms with Gasteiger partial charge in [0.1, 0.15) is 0 Å². The molecule has 4 nitrogen and oxygen atoms in total. The van der Waals surface area contributed by atoms with Gasteiger partial charge in [0, 0.05) is 0 Å². The Balaban J connectivity index is 3.64. The highest BCUT2D eigenvalue weighted by molar-refractivity contribution is 5.87. The number of carbonyl (C=O) groups is 1. The molecule has 0 aliphatic carbocycles. The molecule has 46 valence electrons. The lowest BCUT2D eigenvalue weighted by Gasteiger charge is -1.94. The van der Waals surface area contributed by atoms with Crippen molar-refractivity contribution in [3.8, 4) is 0 Å². The number of hydrogen-bond acceptors (Lipinski definition) is 4. The highest BCUT2D eigenvalue weighted by Crippen LogP contribution is 1.87. The first kappa shape index (κ1) is 7.13. The summed E-state index contributed by atoms with van der Waals surface area (Å²) in [5.41, 5.74) is -0.0486. The van der Waals surface area contributed by atoms with Gasteiger partial charge in [-0.3, -0.25) is 0 Å². The van der Waals surface area contributed by atoms with Crippen LogP contribution in [0, 0.1) is 0 Å². The van der Waals surface area contributed by atoms with Crippen LogP contribution in [0.25, 0.3) is 0 Å². The molecule has 0 aliphatic rings. The number of nitrogens with two attached hydrogens (primary N) is 1. The quantitative estimate of drug-likeness (QED) is 0.357. The Hall–Kier alpha value is -0.870. The van der Waals surface area contributed by atoms with Crippen molar-refractivity contribution in [1.29, 1.82) is 0 Å². The molecular formula is C4H7NO3. The SMILES string of the molecule is C=C(CO)C(=O)ON. The summed E-state index contributed by atoms with van der Waals surface area (Å²) in [6, 6.07) is 0. The van der Waals surface area contributed by atoms with E-state index in [0.29, 0.717) is 0 Å². The van der Waals surface area contributed by atoms with Crippen molar-refractivity contribution >= 4 is 5.97 Å². The summed E-state index contributed by atoms with van der Waals surface area (Å²) >= 11 is 0. The maximum Gasteiger partial charge on any atom is 0.354 e. The predicted octanol–water partition coefficient (Wildman–Crippen LogP) is -1.05. The molecule has 0 saturated heterocycles. The molecule has 0 aromatic heterocycles. The number of aliphatic hydroxyl groups is 1. The van der Waals surface area contributed by atoms with Crippen LogP contribution in [0.2, 0.25) is 0 Å². The first-order chi connectivity index (χ1) is 3.72. The van der Waals surface area contributed by atoms with Gasteiger partial charge >= 0.3 is 5.97 Å². The average molecular weight is 117 g/mol. The third kappa shape index (κ3) is 1.72. The molecule has 0 spiro atoms. The third-order valence-corrected chi connectivity index (χ3v) is 0.587. The van der Waals surface area contributed by atoms with Gasteiger partial charge in [0.2, 0.25) is 0 Å². The molecule has 0 fully saturated rings. The largest absolute Gasteiger partial charge is 0.391 e. The van der Waals surface area contributed by atoms with Gasteiger partial charge in [0.25, 0.3) is 0 Å². The molecular weight excluding hydrogens is 110 g/mol. The Morgan fingerprint density at radius 1 is 1.88 bits per heavy atom. The maximum absolute atomic E-state index is 10.1. The number of hydrogen-bond donors (Lipinski definition) is 2. The van der Waals surface area contributed by atoms with E-state index in [9.17, 15) is 4.79 Å². The van der Waals surface area contributed by atoms with Gasteiger partial charge in [-0.2, -0.15) is 5.90 Å². The Bertz CT molecular complexity index is 95.9. The fourth-order valence-corrected chi connectivity index (χ4v) is 0.148. The van der Waals surface area contributed by atoms with Gasteiger partial charge in [-0.1, -0.05) is 6.58 Å². The lowest BCUT2D eigenvalue weighted by atomic mass is 10.3. The van der Waals surface area contributed by atoms with Crippen molar-refractivity contribution in [2.24, 2.45) is 5.90 Å². The second-order valence-corrected chi connectivity index (χ2v) is 1.17. The van der Waals surface area contributed by atoms with Crippen LogP contribution in [0.15, 0.2) is 12.2 Å². The second-order valence-electron chi connectivity index (χ2n) is 1.17. The number of carbonyl (C=O) groups excluding carboxylic acids is 1. The van der Waals surface area contributed by atoms with Crippen molar-refractivity contribution in [3.05, 3.63) is 12.2 Å². The molecule has 0 bridgehead atoms. The van der Waals surface area contributed by atoms with E-state index in [1.807, 2.05) is 0 Å². The second kappa shape index (κ2) is 3.17. The van der Waals surface area contributed by atoms with E-state index in [-0.39, 0.29) is 5.57 Å². The lowest BCUT2D eigenvalue weighted by Crippen LogP contribution is -2.13. The number of rotatable bonds is 2. The molecule has 0 aromatic rings. The van der Waals surface area contributed by atoms with E-state index in [4.69, 9.17) is 5.11 Å². The molecule has 0 heterocycles. The molecule has 0 saturated carbocycles. The van der Waals surface area contributed by atoms with Crippen molar-refractivity contribution in [1.82, 2.24) is 0 Å². The van der Waals surface area contributed by atoms with E-state index in [2.05, 4.69) is 17.3 Å². The van der Waals surface area contributed by atoms with Crippen molar-refractivity contribution in [2.75, 3.05) is 6.61 Å². The van der Waals surface area contributed by atoms with Gasteiger partial charge in [-0.25, -0.2) is 4.79 Å². The minimum absolute atomic E-state index is 0.0486. The van der Waals surface area contributed by atoms with Gasteiger partial charge < -0.3 is 9.94 Å². The molecule has 0 atom stereocenters. The Morgan fingerprint density at radius 2 is 2.38 bits per heavy atom. The molecule has 0 aliphatic heterocycles. The highest BCUT2D eigenvalue weighted by Gasteiger charge is 2.02. The molecule has 4 heteroatoms. The van der Waals surface area contributed by atoms with Crippen LogP contribution in [0.1, 0.15) is 0 Å². The molecule has 0 rings (SSSR count). The summed E-state index contributed by atoms with van der Waals surface area (Å²) in [5.74, 6) is 3.64. The zero-order valence-corrected chi connectivity index (χ0v) is 4.26. The van der Waals surface area contributed by atoms with E-state index in [1.54, 1.807) is 0 Å². The maximum atomic E-state index is 10.1. The van der Waals surface area contributed by atoms with Crippen LogP contribution in [0.4, 0.5) is 0 Å². The topological polar surface area (TPSA) is 72.5 Å². The normalized spacial score (nSPS) is 8.25. The van der Waals surface area contributed by atoms with E-state index >= 15 is 0 Å². The van der Waals surface area contributed by atoms with Crippen LogP contribution in [0.3, 0.4) is 0 Å².